The molecule has 4 aromatic rings. The number of benzene rings is 2. The number of nitrogens with one attached hydrogen (secondary N) is 1. The van der Waals surface area contributed by atoms with Gasteiger partial charge in [0.15, 0.2) is 9.84 Å². The molecule has 11 heteroatoms. The van der Waals surface area contributed by atoms with Crippen molar-refractivity contribution in [2.45, 2.75) is 11.7 Å². The summed E-state index contributed by atoms with van der Waals surface area (Å²) in [5.74, 6) is -0.642. The van der Waals surface area contributed by atoms with Crippen molar-refractivity contribution >= 4 is 26.6 Å². The molecule has 1 fully saturated rings. The molecule has 174 valence electrons. The zero-order valence-electron chi connectivity index (χ0n) is 18.1. The van der Waals surface area contributed by atoms with Crippen LogP contribution in [0.3, 0.4) is 0 Å². The molecule has 1 unspecified atom stereocenters. The maximum absolute atomic E-state index is 13.6. The number of likely N-dealkylation sites (tertiary alicyclic amines) is 1. The van der Waals surface area contributed by atoms with E-state index < -0.39 is 20.9 Å². The Kier molecular flexibility index (Phi) is 5.28. The standard InChI is InChI=1S/C23H20FN5O4S/c1-34(32,33)18-8-9-28(12-18)23(31)14-2-5-17(6-3-14)29-13-21(26-27-29)19-11-15-10-16(24)4-7-20(15)25-22(19)30/h2-7,10-11,13,18H,8-9,12H2,1H3,(H,25,30). The van der Waals surface area contributed by atoms with E-state index in [-0.39, 0.29) is 23.6 Å². The number of amides is 1. The predicted molar refractivity (Wildman–Crippen MR) is 124 cm³/mol. The predicted octanol–water partition coefficient (Wildman–Crippen LogP) is 2.17. The molecule has 2 aromatic heterocycles. The minimum absolute atomic E-state index is 0.191. The number of sulfone groups is 1. The normalized spacial score (nSPS) is 16.3. The summed E-state index contributed by atoms with van der Waals surface area (Å²) < 4.78 is 38.6. The Balaban J connectivity index is 1.37. The van der Waals surface area contributed by atoms with Gasteiger partial charge in [-0.3, -0.25) is 9.59 Å². The summed E-state index contributed by atoms with van der Waals surface area (Å²) in [4.78, 5) is 29.5. The molecule has 0 saturated carbocycles. The SMILES string of the molecule is CS(=O)(=O)C1CCN(C(=O)c2ccc(-n3cc(-c4cc5cc(F)ccc5[nH]c4=O)nn3)cc2)C1. The Morgan fingerprint density at radius 1 is 1.15 bits per heavy atom. The number of nitrogens with zero attached hydrogens (tertiary/aromatic N) is 4. The van der Waals surface area contributed by atoms with Crippen LogP contribution in [0, 0.1) is 5.82 Å². The fourth-order valence-corrected chi connectivity index (χ4v) is 5.07. The fraction of sp³-hybridized carbons (Fsp3) is 0.217. The van der Waals surface area contributed by atoms with Crippen LogP contribution < -0.4 is 5.56 Å². The molecule has 0 spiro atoms. The second-order valence-electron chi connectivity index (χ2n) is 8.33. The number of carbonyl (C=O) groups is 1. The van der Waals surface area contributed by atoms with E-state index in [1.54, 1.807) is 41.4 Å². The van der Waals surface area contributed by atoms with E-state index in [1.807, 2.05) is 0 Å². The van der Waals surface area contributed by atoms with Crippen molar-refractivity contribution in [3.8, 4) is 16.9 Å². The summed E-state index contributed by atoms with van der Waals surface area (Å²) >= 11 is 0. The van der Waals surface area contributed by atoms with Gasteiger partial charge in [0.05, 0.1) is 22.7 Å². The average Bonchev–Trinajstić information content (AvgIpc) is 3.49. The Bertz CT molecular complexity index is 1580. The highest BCUT2D eigenvalue weighted by atomic mass is 32.2. The highest BCUT2D eigenvalue weighted by Gasteiger charge is 2.32. The van der Waals surface area contributed by atoms with E-state index in [9.17, 15) is 22.4 Å². The van der Waals surface area contributed by atoms with Gasteiger partial charge in [-0.2, -0.15) is 0 Å². The summed E-state index contributed by atoms with van der Waals surface area (Å²) in [6, 6.07) is 12.3. The van der Waals surface area contributed by atoms with Gasteiger partial charge in [-0.25, -0.2) is 17.5 Å². The monoisotopic (exact) mass is 481 g/mol. The number of rotatable bonds is 4. The summed E-state index contributed by atoms with van der Waals surface area (Å²) in [6.07, 6.45) is 3.20. The van der Waals surface area contributed by atoms with Crippen molar-refractivity contribution in [2.75, 3.05) is 19.3 Å². The molecular weight excluding hydrogens is 461 g/mol. The molecule has 2 aromatic carbocycles. The van der Waals surface area contributed by atoms with Crippen LogP contribution in [0.2, 0.25) is 0 Å². The van der Waals surface area contributed by atoms with Gasteiger partial charge in [-0.15, -0.1) is 5.10 Å². The highest BCUT2D eigenvalue weighted by molar-refractivity contribution is 7.91. The molecule has 0 aliphatic carbocycles. The quantitative estimate of drug-likeness (QED) is 0.477. The Morgan fingerprint density at radius 2 is 1.91 bits per heavy atom. The van der Waals surface area contributed by atoms with Gasteiger partial charge in [0, 0.05) is 35.8 Å². The van der Waals surface area contributed by atoms with Crippen LogP contribution in [0.15, 0.2) is 59.5 Å². The topological polar surface area (TPSA) is 118 Å². The molecule has 0 radical (unpaired) electrons. The minimum atomic E-state index is -3.19. The lowest BCUT2D eigenvalue weighted by molar-refractivity contribution is 0.0793. The lowest BCUT2D eigenvalue weighted by Crippen LogP contribution is -2.31. The number of H-pyrrole nitrogens is 1. The molecule has 1 amide bonds. The zero-order chi connectivity index (χ0) is 24.0. The number of fused-ring (bicyclic) bond motifs is 1. The second-order valence-corrected chi connectivity index (χ2v) is 10.7. The molecule has 1 aliphatic heterocycles. The zero-order valence-corrected chi connectivity index (χ0v) is 18.9. The molecule has 9 nitrogen and oxygen atoms in total. The number of aromatic nitrogens is 4. The van der Waals surface area contributed by atoms with Gasteiger partial charge in [0.2, 0.25) is 0 Å². The van der Waals surface area contributed by atoms with Gasteiger partial charge in [-0.05, 0) is 55.0 Å². The first kappa shape index (κ1) is 22.0. The van der Waals surface area contributed by atoms with E-state index >= 15 is 0 Å². The van der Waals surface area contributed by atoms with Crippen LogP contribution in [-0.2, 0) is 9.84 Å². The van der Waals surface area contributed by atoms with Crippen molar-refractivity contribution in [3.05, 3.63) is 76.5 Å². The third kappa shape index (κ3) is 4.10. The van der Waals surface area contributed by atoms with Crippen LogP contribution in [0.25, 0.3) is 27.8 Å². The summed E-state index contributed by atoms with van der Waals surface area (Å²) in [7, 11) is -3.19. The fourth-order valence-electron chi connectivity index (χ4n) is 4.08. The summed E-state index contributed by atoms with van der Waals surface area (Å²) in [5.41, 5.74) is 1.77. The van der Waals surface area contributed by atoms with Crippen LogP contribution in [0.4, 0.5) is 4.39 Å². The lowest BCUT2D eigenvalue weighted by atomic mass is 10.1. The van der Waals surface area contributed by atoms with E-state index in [1.165, 1.54) is 29.1 Å². The van der Waals surface area contributed by atoms with Gasteiger partial charge in [-0.1, -0.05) is 5.21 Å². The van der Waals surface area contributed by atoms with Crippen LogP contribution in [0.5, 0.6) is 0 Å². The first-order chi connectivity index (χ1) is 16.2. The highest BCUT2D eigenvalue weighted by Crippen LogP contribution is 2.21. The van der Waals surface area contributed by atoms with E-state index in [2.05, 4.69) is 15.3 Å². The number of hydrogen-bond donors (Lipinski definition) is 1. The Morgan fingerprint density at radius 3 is 2.62 bits per heavy atom. The largest absolute Gasteiger partial charge is 0.337 e. The smallest absolute Gasteiger partial charge is 0.258 e. The molecule has 1 atom stereocenters. The Labute approximate surface area is 193 Å². The van der Waals surface area contributed by atoms with Gasteiger partial charge >= 0.3 is 0 Å². The van der Waals surface area contributed by atoms with Gasteiger partial charge in [0.1, 0.15) is 11.5 Å². The average molecular weight is 482 g/mol. The third-order valence-electron chi connectivity index (χ3n) is 5.99. The van der Waals surface area contributed by atoms with Crippen molar-refractivity contribution in [2.24, 2.45) is 0 Å². The number of pyridine rings is 1. The lowest BCUT2D eigenvalue weighted by Gasteiger charge is -2.16. The molecule has 34 heavy (non-hydrogen) atoms. The van der Waals surface area contributed by atoms with Crippen molar-refractivity contribution in [3.63, 3.8) is 0 Å². The number of hydrogen-bond acceptors (Lipinski definition) is 6. The first-order valence-electron chi connectivity index (χ1n) is 10.5. The molecule has 1 saturated heterocycles. The van der Waals surface area contributed by atoms with E-state index in [0.717, 1.165) is 0 Å². The molecule has 0 bridgehead atoms. The Hall–Kier alpha value is -3.86. The molecular formula is C23H20FN5O4S. The van der Waals surface area contributed by atoms with Crippen molar-refractivity contribution in [1.82, 2.24) is 24.9 Å². The second kappa shape index (κ2) is 8.17. The van der Waals surface area contributed by atoms with Crippen molar-refractivity contribution in [1.29, 1.82) is 0 Å². The maximum atomic E-state index is 13.6. The van der Waals surface area contributed by atoms with Crippen molar-refractivity contribution < 1.29 is 17.6 Å². The summed E-state index contributed by atoms with van der Waals surface area (Å²) in [5, 5.41) is 8.15. The van der Waals surface area contributed by atoms with E-state index in [0.29, 0.717) is 40.8 Å². The van der Waals surface area contributed by atoms with Crippen LogP contribution in [-0.4, -0.2) is 63.8 Å². The van der Waals surface area contributed by atoms with Crippen LogP contribution >= 0.6 is 0 Å². The molecule has 5 rings (SSSR count). The number of carbonyl (C=O) groups excluding carboxylic acids is 1. The minimum Gasteiger partial charge on any atom is -0.337 e. The number of aromatic amines is 1. The molecule has 1 aliphatic rings. The number of halogens is 1. The first-order valence-corrected chi connectivity index (χ1v) is 12.5. The summed E-state index contributed by atoms with van der Waals surface area (Å²) in [6.45, 7) is 0.588. The van der Waals surface area contributed by atoms with Gasteiger partial charge in [0.25, 0.3) is 11.5 Å². The molecule has 1 N–H and O–H groups in total. The van der Waals surface area contributed by atoms with Crippen LogP contribution in [0.1, 0.15) is 16.8 Å². The van der Waals surface area contributed by atoms with Gasteiger partial charge < -0.3 is 9.88 Å². The maximum Gasteiger partial charge on any atom is 0.258 e. The third-order valence-corrected chi connectivity index (χ3v) is 7.59. The van der Waals surface area contributed by atoms with E-state index in [4.69, 9.17) is 0 Å². The molecule has 3 heterocycles.